The molecule has 0 radical (unpaired) electrons. The van der Waals surface area contributed by atoms with E-state index in [0.717, 1.165) is 0 Å². The molecule has 0 spiro atoms. The Kier molecular flexibility index (Phi) is 3.86. The highest BCUT2D eigenvalue weighted by Crippen LogP contribution is 2.19. The van der Waals surface area contributed by atoms with Crippen molar-refractivity contribution in [1.82, 2.24) is 4.98 Å². The summed E-state index contributed by atoms with van der Waals surface area (Å²) in [6.45, 7) is 0. The molecule has 20 heavy (non-hydrogen) atoms. The van der Waals surface area contributed by atoms with Gasteiger partial charge < -0.3 is 16.2 Å². The van der Waals surface area contributed by atoms with Gasteiger partial charge in [-0.2, -0.15) is 0 Å². The fourth-order valence-corrected chi connectivity index (χ4v) is 1.76. The van der Waals surface area contributed by atoms with E-state index in [9.17, 15) is 9.59 Å². The fourth-order valence-electron chi connectivity index (χ4n) is 1.55. The highest BCUT2D eigenvalue weighted by atomic mass is 35.5. The number of amides is 1. The largest absolute Gasteiger partial charge is 0.478 e. The van der Waals surface area contributed by atoms with Crippen LogP contribution >= 0.6 is 11.6 Å². The SMILES string of the molecule is NC(=O)c1ccc(Nc2cc(C(=O)O)cc(Cl)n2)cc1. The maximum absolute atomic E-state index is 10.9. The summed E-state index contributed by atoms with van der Waals surface area (Å²) in [5.74, 6) is -1.33. The van der Waals surface area contributed by atoms with Gasteiger partial charge in [0.2, 0.25) is 5.91 Å². The number of carbonyl (C=O) groups excluding carboxylic acids is 1. The van der Waals surface area contributed by atoms with Gasteiger partial charge in [0.25, 0.3) is 0 Å². The summed E-state index contributed by atoms with van der Waals surface area (Å²) in [5, 5.41) is 11.9. The highest BCUT2D eigenvalue weighted by Gasteiger charge is 2.08. The minimum atomic E-state index is -1.10. The van der Waals surface area contributed by atoms with Crippen molar-refractivity contribution in [1.29, 1.82) is 0 Å². The van der Waals surface area contributed by atoms with E-state index in [-0.39, 0.29) is 10.7 Å². The van der Waals surface area contributed by atoms with Gasteiger partial charge in [-0.05, 0) is 36.4 Å². The summed E-state index contributed by atoms with van der Waals surface area (Å²) in [6.07, 6.45) is 0. The van der Waals surface area contributed by atoms with Crippen LogP contribution in [0.2, 0.25) is 5.15 Å². The molecule has 0 aliphatic heterocycles. The van der Waals surface area contributed by atoms with E-state index in [1.54, 1.807) is 24.3 Å². The van der Waals surface area contributed by atoms with Crippen LogP contribution in [-0.2, 0) is 0 Å². The number of aromatic nitrogens is 1. The predicted molar refractivity (Wildman–Crippen MR) is 74.4 cm³/mol. The number of benzene rings is 1. The number of nitrogens with one attached hydrogen (secondary N) is 1. The van der Waals surface area contributed by atoms with Gasteiger partial charge in [-0.3, -0.25) is 4.79 Å². The molecule has 1 aromatic heterocycles. The number of halogens is 1. The van der Waals surface area contributed by atoms with Crippen molar-refractivity contribution in [3.63, 3.8) is 0 Å². The molecule has 6 nitrogen and oxygen atoms in total. The second-order valence-corrected chi connectivity index (χ2v) is 4.32. The molecule has 2 aromatic rings. The Morgan fingerprint density at radius 3 is 2.35 bits per heavy atom. The van der Waals surface area contributed by atoms with E-state index in [2.05, 4.69) is 10.3 Å². The summed E-state index contributed by atoms with van der Waals surface area (Å²) < 4.78 is 0. The van der Waals surface area contributed by atoms with Crippen LogP contribution in [0.25, 0.3) is 0 Å². The first-order valence-corrected chi connectivity index (χ1v) is 5.91. The third kappa shape index (κ3) is 3.24. The second kappa shape index (κ2) is 5.58. The second-order valence-electron chi connectivity index (χ2n) is 3.94. The third-order valence-corrected chi connectivity index (χ3v) is 2.68. The molecule has 1 heterocycles. The van der Waals surface area contributed by atoms with Crippen molar-refractivity contribution in [2.75, 3.05) is 5.32 Å². The number of hydrogen-bond donors (Lipinski definition) is 3. The van der Waals surface area contributed by atoms with E-state index in [1.165, 1.54) is 12.1 Å². The summed E-state index contributed by atoms with van der Waals surface area (Å²) >= 11 is 5.75. The number of carboxylic acids is 1. The molecule has 0 fully saturated rings. The van der Waals surface area contributed by atoms with Gasteiger partial charge in [0.15, 0.2) is 0 Å². The average Bonchev–Trinajstić information content (AvgIpc) is 2.38. The Morgan fingerprint density at radius 2 is 1.80 bits per heavy atom. The molecule has 0 bridgehead atoms. The van der Waals surface area contributed by atoms with Crippen LogP contribution in [0.15, 0.2) is 36.4 Å². The molecule has 0 atom stereocenters. The van der Waals surface area contributed by atoms with Crippen LogP contribution in [0.3, 0.4) is 0 Å². The predicted octanol–water partition coefficient (Wildman–Crippen LogP) is 2.28. The number of rotatable bonds is 4. The summed E-state index contributed by atoms with van der Waals surface area (Å²) in [4.78, 5) is 25.8. The number of nitrogens with two attached hydrogens (primary N) is 1. The van der Waals surface area contributed by atoms with Gasteiger partial charge >= 0.3 is 5.97 Å². The molecule has 0 aliphatic rings. The Hall–Kier alpha value is -2.60. The van der Waals surface area contributed by atoms with Crippen molar-refractivity contribution in [3.8, 4) is 0 Å². The Morgan fingerprint density at radius 1 is 1.15 bits per heavy atom. The number of hydrogen-bond acceptors (Lipinski definition) is 4. The van der Waals surface area contributed by atoms with Crippen LogP contribution in [0.4, 0.5) is 11.5 Å². The smallest absolute Gasteiger partial charge is 0.335 e. The minimum Gasteiger partial charge on any atom is -0.478 e. The third-order valence-electron chi connectivity index (χ3n) is 2.48. The lowest BCUT2D eigenvalue weighted by atomic mass is 10.2. The first kappa shape index (κ1) is 13.8. The highest BCUT2D eigenvalue weighted by molar-refractivity contribution is 6.29. The number of carboxylic acid groups (broad SMARTS) is 1. The molecule has 7 heteroatoms. The number of primary amides is 1. The molecule has 4 N–H and O–H groups in total. The van der Waals surface area contributed by atoms with E-state index in [1.807, 2.05) is 0 Å². The van der Waals surface area contributed by atoms with E-state index >= 15 is 0 Å². The van der Waals surface area contributed by atoms with Crippen molar-refractivity contribution in [2.24, 2.45) is 5.73 Å². The van der Waals surface area contributed by atoms with Gasteiger partial charge in [0, 0.05) is 11.3 Å². The fraction of sp³-hybridized carbons (Fsp3) is 0. The summed E-state index contributed by atoms with van der Waals surface area (Å²) in [5.41, 5.74) is 6.17. The van der Waals surface area contributed by atoms with Gasteiger partial charge in [-0.1, -0.05) is 11.6 Å². The number of anilines is 2. The van der Waals surface area contributed by atoms with E-state index in [4.69, 9.17) is 22.4 Å². The lowest BCUT2D eigenvalue weighted by molar-refractivity contribution is 0.0696. The first-order chi connectivity index (χ1) is 9.45. The maximum Gasteiger partial charge on any atom is 0.335 e. The summed E-state index contributed by atoms with van der Waals surface area (Å²) in [7, 11) is 0. The molecule has 0 saturated heterocycles. The van der Waals surface area contributed by atoms with Crippen molar-refractivity contribution in [3.05, 3.63) is 52.7 Å². The average molecular weight is 292 g/mol. The van der Waals surface area contributed by atoms with E-state index in [0.29, 0.717) is 17.1 Å². The van der Waals surface area contributed by atoms with Crippen LogP contribution in [0.1, 0.15) is 20.7 Å². The van der Waals surface area contributed by atoms with Gasteiger partial charge in [0.1, 0.15) is 11.0 Å². The van der Waals surface area contributed by atoms with Gasteiger partial charge in [-0.25, -0.2) is 9.78 Å². The van der Waals surface area contributed by atoms with Crippen molar-refractivity contribution in [2.45, 2.75) is 0 Å². The quantitative estimate of drug-likeness (QED) is 0.749. The van der Waals surface area contributed by atoms with Crippen LogP contribution < -0.4 is 11.1 Å². The standard InChI is InChI=1S/C13H10ClN3O3/c14-10-5-8(13(19)20)6-11(17-10)16-9-3-1-7(2-4-9)12(15)18/h1-6H,(H2,15,18)(H,16,17)(H,19,20). The zero-order chi connectivity index (χ0) is 14.7. The molecule has 1 aromatic carbocycles. The van der Waals surface area contributed by atoms with Crippen molar-refractivity contribution >= 4 is 35.0 Å². The number of carbonyl (C=O) groups is 2. The zero-order valence-corrected chi connectivity index (χ0v) is 10.9. The zero-order valence-electron chi connectivity index (χ0n) is 10.1. The lowest BCUT2D eigenvalue weighted by Crippen LogP contribution is -2.10. The van der Waals surface area contributed by atoms with Crippen molar-refractivity contribution < 1.29 is 14.7 Å². The topological polar surface area (TPSA) is 105 Å². The molecule has 0 aliphatic carbocycles. The van der Waals surface area contributed by atoms with Crippen LogP contribution in [0, 0.1) is 0 Å². The molecule has 0 saturated carbocycles. The lowest BCUT2D eigenvalue weighted by Gasteiger charge is -2.07. The molecular formula is C13H10ClN3O3. The first-order valence-electron chi connectivity index (χ1n) is 5.53. The minimum absolute atomic E-state index is 0.0289. The van der Waals surface area contributed by atoms with Gasteiger partial charge in [0.05, 0.1) is 5.56 Å². The molecule has 0 unspecified atom stereocenters. The number of nitrogens with zero attached hydrogens (tertiary/aromatic N) is 1. The van der Waals surface area contributed by atoms with Crippen LogP contribution in [0.5, 0.6) is 0 Å². The van der Waals surface area contributed by atoms with Crippen LogP contribution in [-0.4, -0.2) is 22.0 Å². The monoisotopic (exact) mass is 291 g/mol. The molecule has 1 amide bonds. The number of aromatic carboxylic acids is 1. The molecule has 102 valence electrons. The van der Waals surface area contributed by atoms with E-state index < -0.39 is 11.9 Å². The number of pyridine rings is 1. The molecular weight excluding hydrogens is 282 g/mol. The normalized spacial score (nSPS) is 10.1. The van der Waals surface area contributed by atoms with Gasteiger partial charge in [-0.15, -0.1) is 0 Å². The molecule has 2 rings (SSSR count). The Balaban J connectivity index is 2.25. The Bertz CT molecular complexity index is 671. The Labute approximate surface area is 119 Å². The maximum atomic E-state index is 10.9. The summed E-state index contributed by atoms with van der Waals surface area (Å²) in [6, 6.07) is 8.97.